The van der Waals surface area contributed by atoms with Gasteiger partial charge in [0.15, 0.2) is 11.6 Å². The van der Waals surface area contributed by atoms with Gasteiger partial charge in [-0.15, -0.1) is 0 Å². The average molecular weight is 328 g/mol. The van der Waals surface area contributed by atoms with E-state index in [9.17, 15) is 13.6 Å². The summed E-state index contributed by atoms with van der Waals surface area (Å²) >= 11 is 0. The van der Waals surface area contributed by atoms with Crippen LogP contribution in [0.15, 0.2) is 55.1 Å². The molecule has 24 heavy (non-hydrogen) atoms. The lowest BCUT2D eigenvalue weighted by molar-refractivity contribution is -0.116. The number of hydrogen-bond acceptors (Lipinski definition) is 2. The largest absolute Gasteiger partial charge is 0.352 e. The van der Waals surface area contributed by atoms with Crippen LogP contribution in [-0.2, 0) is 11.2 Å². The minimum absolute atomic E-state index is 0.0893. The quantitative estimate of drug-likeness (QED) is 0.870. The molecule has 1 aliphatic heterocycles. The Hall–Kier alpha value is -2.69. The molecule has 0 fully saturated rings. The molecule has 5 heteroatoms. The fourth-order valence-corrected chi connectivity index (χ4v) is 3.06. The number of fused-ring (bicyclic) bond motifs is 1. The van der Waals surface area contributed by atoms with Crippen molar-refractivity contribution in [3.63, 3.8) is 0 Å². The van der Waals surface area contributed by atoms with Gasteiger partial charge in [-0.3, -0.25) is 4.79 Å². The first-order valence-corrected chi connectivity index (χ1v) is 7.80. The van der Waals surface area contributed by atoms with E-state index in [2.05, 4.69) is 11.9 Å². The normalized spacial score (nSPS) is 16.4. The first-order valence-electron chi connectivity index (χ1n) is 7.80. The first kappa shape index (κ1) is 16.2. The molecule has 0 bridgehead atoms. The van der Waals surface area contributed by atoms with Crippen LogP contribution in [0.1, 0.15) is 5.56 Å². The maximum absolute atomic E-state index is 14.3. The zero-order chi connectivity index (χ0) is 17.1. The molecule has 0 aliphatic carbocycles. The van der Waals surface area contributed by atoms with Crippen molar-refractivity contribution in [3.05, 3.63) is 72.3 Å². The number of anilines is 2. The summed E-state index contributed by atoms with van der Waals surface area (Å²) in [6.45, 7) is 4.38. The third-order valence-electron chi connectivity index (χ3n) is 4.20. The Morgan fingerprint density at radius 3 is 2.75 bits per heavy atom. The summed E-state index contributed by atoms with van der Waals surface area (Å²) in [4.78, 5) is 13.2. The smallest absolute Gasteiger partial charge is 0.243 e. The van der Waals surface area contributed by atoms with Crippen LogP contribution in [0.25, 0.3) is 0 Å². The Morgan fingerprint density at radius 2 is 1.96 bits per heavy atom. The lowest BCUT2D eigenvalue weighted by atomic mass is 9.91. The maximum Gasteiger partial charge on any atom is 0.243 e. The number of hydrogen-bond donors (Lipinski definition) is 1. The monoisotopic (exact) mass is 328 g/mol. The van der Waals surface area contributed by atoms with Gasteiger partial charge < -0.3 is 10.2 Å². The van der Waals surface area contributed by atoms with Crippen LogP contribution >= 0.6 is 0 Å². The van der Waals surface area contributed by atoms with E-state index in [1.165, 1.54) is 12.1 Å². The molecule has 2 aromatic carbocycles. The third kappa shape index (κ3) is 3.15. The summed E-state index contributed by atoms with van der Waals surface area (Å²) in [5.41, 5.74) is 2.13. The molecule has 1 atom stereocenters. The lowest BCUT2D eigenvalue weighted by Gasteiger charge is -2.36. The summed E-state index contributed by atoms with van der Waals surface area (Å²) in [5.74, 6) is -1.88. The van der Waals surface area contributed by atoms with Crippen LogP contribution in [0.3, 0.4) is 0 Å². The number of halogens is 2. The molecular formula is C19H18F2N2O. The van der Waals surface area contributed by atoms with Gasteiger partial charge in [-0.2, -0.15) is 0 Å². The Labute approximate surface area is 139 Å². The van der Waals surface area contributed by atoms with Crippen LogP contribution in [0.4, 0.5) is 20.2 Å². The van der Waals surface area contributed by atoms with Gasteiger partial charge in [0.2, 0.25) is 5.91 Å². The number of carbonyl (C=O) groups excluding carboxylic acids is 1. The van der Waals surface area contributed by atoms with E-state index in [-0.39, 0.29) is 17.5 Å². The number of carbonyl (C=O) groups is 1. The van der Waals surface area contributed by atoms with Crippen LogP contribution < -0.4 is 10.2 Å². The lowest BCUT2D eigenvalue weighted by Crippen LogP contribution is -2.39. The van der Waals surface area contributed by atoms with Crippen molar-refractivity contribution in [1.29, 1.82) is 0 Å². The molecule has 0 saturated carbocycles. The predicted octanol–water partition coefficient (Wildman–Crippen LogP) is 3.58. The molecule has 1 aliphatic rings. The van der Waals surface area contributed by atoms with Gasteiger partial charge in [-0.1, -0.05) is 30.8 Å². The van der Waals surface area contributed by atoms with Crippen LogP contribution in [0.2, 0.25) is 0 Å². The van der Waals surface area contributed by atoms with E-state index < -0.39 is 11.6 Å². The number of rotatable bonds is 4. The van der Waals surface area contributed by atoms with Gasteiger partial charge in [-0.25, -0.2) is 8.78 Å². The highest BCUT2D eigenvalue weighted by atomic mass is 19.2. The molecule has 0 aromatic heterocycles. The standard InChI is InChI=1S/C19H18F2N2O/c1-2-18(24)22-11-13-10-14-6-3-4-8-16(14)23(12-13)17-9-5-7-15(20)19(17)21/h2-9,13H,1,10-12H2,(H,22,24). The van der Waals surface area contributed by atoms with Crippen molar-refractivity contribution in [2.24, 2.45) is 5.92 Å². The second kappa shape index (κ2) is 6.83. The highest BCUT2D eigenvalue weighted by Gasteiger charge is 2.27. The molecular weight excluding hydrogens is 310 g/mol. The molecule has 0 spiro atoms. The number of nitrogens with zero attached hydrogens (tertiary/aromatic N) is 1. The first-order chi connectivity index (χ1) is 11.6. The van der Waals surface area contributed by atoms with Crippen molar-refractivity contribution in [2.45, 2.75) is 6.42 Å². The number of benzene rings is 2. The van der Waals surface area contributed by atoms with Crippen molar-refractivity contribution in [3.8, 4) is 0 Å². The second-order valence-electron chi connectivity index (χ2n) is 5.83. The summed E-state index contributed by atoms with van der Waals surface area (Å²) in [6.07, 6.45) is 1.99. The van der Waals surface area contributed by atoms with E-state index >= 15 is 0 Å². The molecule has 3 nitrogen and oxygen atoms in total. The summed E-state index contributed by atoms with van der Waals surface area (Å²) in [5, 5.41) is 2.78. The summed E-state index contributed by atoms with van der Waals surface area (Å²) in [7, 11) is 0. The topological polar surface area (TPSA) is 32.3 Å². The van der Waals surface area contributed by atoms with Gasteiger partial charge in [-0.05, 0) is 42.2 Å². The van der Waals surface area contributed by atoms with Crippen molar-refractivity contribution >= 4 is 17.3 Å². The molecule has 2 aromatic rings. The molecule has 3 rings (SSSR count). The fraction of sp³-hybridized carbons (Fsp3) is 0.211. The van der Waals surface area contributed by atoms with Crippen molar-refractivity contribution < 1.29 is 13.6 Å². The maximum atomic E-state index is 14.3. The van der Waals surface area contributed by atoms with Gasteiger partial charge in [0, 0.05) is 18.8 Å². The Bertz CT molecular complexity index is 776. The minimum Gasteiger partial charge on any atom is -0.352 e. The van der Waals surface area contributed by atoms with Crippen LogP contribution in [-0.4, -0.2) is 19.0 Å². The molecule has 0 radical (unpaired) electrons. The number of nitrogens with one attached hydrogen (secondary N) is 1. The fourth-order valence-electron chi connectivity index (χ4n) is 3.06. The molecule has 0 saturated heterocycles. The van der Waals surface area contributed by atoms with Crippen LogP contribution in [0, 0.1) is 17.6 Å². The molecule has 1 amide bonds. The van der Waals surface area contributed by atoms with E-state index in [1.807, 2.05) is 24.3 Å². The number of para-hydroxylation sites is 1. The summed E-state index contributed by atoms with van der Waals surface area (Å²) < 4.78 is 27.9. The SMILES string of the molecule is C=CC(=O)NCC1Cc2ccccc2N(c2cccc(F)c2F)C1. The van der Waals surface area contributed by atoms with E-state index in [1.54, 1.807) is 11.0 Å². The zero-order valence-corrected chi connectivity index (χ0v) is 13.1. The van der Waals surface area contributed by atoms with E-state index in [4.69, 9.17) is 0 Å². The van der Waals surface area contributed by atoms with Gasteiger partial charge in [0.1, 0.15) is 0 Å². The summed E-state index contributed by atoms with van der Waals surface area (Å²) in [6, 6.07) is 11.8. The molecule has 1 heterocycles. The minimum atomic E-state index is -0.868. The second-order valence-corrected chi connectivity index (χ2v) is 5.83. The van der Waals surface area contributed by atoms with Gasteiger partial charge >= 0.3 is 0 Å². The van der Waals surface area contributed by atoms with Gasteiger partial charge in [0.25, 0.3) is 0 Å². The predicted molar refractivity (Wildman–Crippen MR) is 90.2 cm³/mol. The Morgan fingerprint density at radius 1 is 1.21 bits per heavy atom. The average Bonchev–Trinajstić information content (AvgIpc) is 2.61. The van der Waals surface area contributed by atoms with Crippen molar-refractivity contribution in [1.82, 2.24) is 5.32 Å². The van der Waals surface area contributed by atoms with E-state index in [0.29, 0.717) is 13.1 Å². The Kier molecular flexibility index (Phi) is 4.60. The van der Waals surface area contributed by atoms with E-state index in [0.717, 1.165) is 23.7 Å². The highest BCUT2D eigenvalue weighted by molar-refractivity contribution is 5.86. The van der Waals surface area contributed by atoms with Crippen LogP contribution in [0.5, 0.6) is 0 Å². The highest BCUT2D eigenvalue weighted by Crippen LogP contribution is 2.36. The Balaban J connectivity index is 1.93. The third-order valence-corrected chi connectivity index (χ3v) is 4.20. The van der Waals surface area contributed by atoms with Gasteiger partial charge in [0.05, 0.1) is 5.69 Å². The molecule has 1 N–H and O–H groups in total. The van der Waals surface area contributed by atoms with Crippen molar-refractivity contribution in [2.75, 3.05) is 18.0 Å². The zero-order valence-electron chi connectivity index (χ0n) is 13.1. The number of amides is 1. The molecule has 124 valence electrons. The molecule has 1 unspecified atom stereocenters.